The molecule has 3 rings (SSSR count). The summed E-state index contributed by atoms with van der Waals surface area (Å²) in [4.78, 5) is 0. The third kappa shape index (κ3) is 3.16. The molecule has 1 aromatic rings. The molecular formula is C15H21NO4. The quantitative estimate of drug-likeness (QED) is 0.809. The third-order valence-electron chi connectivity index (χ3n) is 3.81. The molecule has 1 aromatic carbocycles. The molecule has 5 nitrogen and oxygen atoms in total. The van der Waals surface area contributed by atoms with Crippen LogP contribution >= 0.6 is 0 Å². The van der Waals surface area contributed by atoms with E-state index in [4.69, 9.17) is 14.2 Å². The molecule has 2 aliphatic heterocycles. The summed E-state index contributed by atoms with van der Waals surface area (Å²) in [6, 6.07) is 3.45. The molecule has 0 radical (unpaired) electrons. The van der Waals surface area contributed by atoms with Gasteiger partial charge in [0.15, 0.2) is 11.5 Å². The fraction of sp³-hybridized carbons (Fsp3) is 0.600. The topological polar surface area (TPSA) is 60.0 Å². The van der Waals surface area contributed by atoms with Crippen LogP contribution in [0.4, 0.5) is 0 Å². The van der Waals surface area contributed by atoms with Crippen molar-refractivity contribution in [3.05, 3.63) is 17.7 Å². The first-order valence-electron chi connectivity index (χ1n) is 7.27. The number of rotatable bonds is 5. The summed E-state index contributed by atoms with van der Waals surface area (Å²) in [5.41, 5.74) is 0.832. The van der Waals surface area contributed by atoms with E-state index in [9.17, 15) is 5.11 Å². The van der Waals surface area contributed by atoms with E-state index in [1.165, 1.54) is 12.8 Å². The van der Waals surface area contributed by atoms with Crippen LogP contribution in [0.1, 0.15) is 31.2 Å². The lowest BCUT2D eigenvalue weighted by Crippen LogP contribution is -2.25. The maximum Gasteiger partial charge on any atom is 0.231 e. The normalized spacial score (nSPS) is 21.1. The Balaban J connectivity index is 1.46. The van der Waals surface area contributed by atoms with Gasteiger partial charge in [-0.1, -0.05) is 0 Å². The Labute approximate surface area is 118 Å². The predicted molar refractivity (Wildman–Crippen MR) is 74.1 cm³/mol. The van der Waals surface area contributed by atoms with Crippen LogP contribution in [-0.4, -0.2) is 31.2 Å². The summed E-state index contributed by atoms with van der Waals surface area (Å²) >= 11 is 0. The van der Waals surface area contributed by atoms with Gasteiger partial charge in [0.1, 0.15) is 5.75 Å². The molecule has 110 valence electrons. The zero-order valence-corrected chi connectivity index (χ0v) is 11.6. The molecular weight excluding hydrogens is 258 g/mol. The van der Waals surface area contributed by atoms with E-state index in [1.54, 1.807) is 6.07 Å². The fourth-order valence-corrected chi connectivity index (χ4v) is 2.64. The standard InChI is InChI=1S/C15H21NO4/c17-13-8-15-14(19-10-20-15)7-11(13)9-16-5-4-12-3-1-2-6-18-12/h7-8,12,16-17H,1-6,9-10H2. The summed E-state index contributed by atoms with van der Waals surface area (Å²) in [5, 5.41) is 13.3. The van der Waals surface area contributed by atoms with Gasteiger partial charge in [-0.05, 0) is 38.3 Å². The van der Waals surface area contributed by atoms with Gasteiger partial charge in [0.25, 0.3) is 0 Å². The van der Waals surface area contributed by atoms with Gasteiger partial charge in [0, 0.05) is 24.8 Å². The van der Waals surface area contributed by atoms with Gasteiger partial charge in [0.2, 0.25) is 6.79 Å². The van der Waals surface area contributed by atoms with Crippen molar-refractivity contribution in [2.75, 3.05) is 19.9 Å². The van der Waals surface area contributed by atoms with E-state index in [0.29, 0.717) is 24.1 Å². The average Bonchev–Trinajstić information content (AvgIpc) is 2.91. The van der Waals surface area contributed by atoms with Gasteiger partial charge in [0.05, 0.1) is 6.10 Å². The molecule has 0 bridgehead atoms. The lowest BCUT2D eigenvalue weighted by molar-refractivity contribution is 0.0115. The highest BCUT2D eigenvalue weighted by Gasteiger charge is 2.17. The van der Waals surface area contributed by atoms with Crippen molar-refractivity contribution < 1.29 is 19.3 Å². The minimum absolute atomic E-state index is 0.227. The van der Waals surface area contributed by atoms with Crippen molar-refractivity contribution in [1.82, 2.24) is 5.32 Å². The second-order valence-corrected chi connectivity index (χ2v) is 5.29. The molecule has 2 N–H and O–H groups in total. The van der Waals surface area contributed by atoms with Crippen LogP contribution in [0.5, 0.6) is 17.2 Å². The summed E-state index contributed by atoms with van der Waals surface area (Å²) < 4.78 is 16.2. The van der Waals surface area contributed by atoms with Gasteiger partial charge in [-0.25, -0.2) is 0 Å². The number of hydrogen-bond acceptors (Lipinski definition) is 5. The first-order valence-corrected chi connectivity index (χ1v) is 7.27. The van der Waals surface area contributed by atoms with Gasteiger partial charge in [-0.3, -0.25) is 0 Å². The summed E-state index contributed by atoms with van der Waals surface area (Å²) in [6.07, 6.45) is 5.03. The maximum atomic E-state index is 9.92. The predicted octanol–water partition coefficient (Wildman–Crippen LogP) is 2.17. The highest BCUT2D eigenvalue weighted by molar-refractivity contribution is 5.51. The number of fused-ring (bicyclic) bond motifs is 1. The molecule has 0 aliphatic carbocycles. The largest absolute Gasteiger partial charge is 0.507 e. The SMILES string of the molecule is Oc1cc2c(cc1CNCCC1CCCCO1)OCO2. The zero-order chi connectivity index (χ0) is 13.8. The Hall–Kier alpha value is -1.46. The smallest absolute Gasteiger partial charge is 0.231 e. The van der Waals surface area contributed by atoms with E-state index in [-0.39, 0.29) is 12.5 Å². The minimum Gasteiger partial charge on any atom is -0.507 e. The van der Waals surface area contributed by atoms with Crippen molar-refractivity contribution in [3.8, 4) is 17.2 Å². The van der Waals surface area contributed by atoms with E-state index in [0.717, 1.165) is 31.6 Å². The second kappa shape index (κ2) is 6.33. The lowest BCUT2D eigenvalue weighted by atomic mass is 10.1. The van der Waals surface area contributed by atoms with Gasteiger partial charge in [-0.15, -0.1) is 0 Å². The third-order valence-corrected chi connectivity index (χ3v) is 3.81. The van der Waals surface area contributed by atoms with Crippen molar-refractivity contribution in [2.24, 2.45) is 0 Å². The van der Waals surface area contributed by atoms with Crippen LogP contribution in [0, 0.1) is 0 Å². The number of hydrogen-bond donors (Lipinski definition) is 2. The highest BCUT2D eigenvalue weighted by atomic mass is 16.7. The van der Waals surface area contributed by atoms with Crippen LogP contribution in [0.2, 0.25) is 0 Å². The van der Waals surface area contributed by atoms with Crippen molar-refractivity contribution in [3.63, 3.8) is 0 Å². The van der Waals surface area contributed by atoms with E-state index in [1.807, 2.05) is 6.07 Å². The van der Waals surface area contributed by atoms with Crippen LogP contribution in [-0.2, 0) is 11.3 Å². The Morgan fingerprint density at radius 3 is 2.85 bits per heavy atom. The van der Waals surface area contributed by atoms with E-state index in [2.05, 4.69) is 5.32 Å². The molecule has 0 aromatic heterocycles. The molecule has 0 saturated carbocycles. The number of nitrogens with one attached hydrogen (secondary N) is 1. The molecule has 0 amide bonds. The molecule has 1 atom stereocenters. The van der Waals surface area contributed by atoms with Crippen LogP contribution in [0.25, 0.3) is 0 Å². The molecule has 1 unspecified atom stereocenters. The Bertz CT molecular complexity index is 457. The van der Waals surface area contributed by atoms with Gasteiger partial charge in [-0.2, -0.15) is 0 Å². The summed E-state index contributed by atoms with van der Waals surface area (Å²) in [7, 11) is 0. The minimum atomic E-state index is 0.227. The lowest BCUT2D eigenvalue weighted by Gasteiger charge is -2.22. The van der Waals surface area contributed by atoms with Crippen molar-refractivity contribution in [1.29, 1.82) is 0 Å². The van der Waals surface area contributed by atoms with Crippen LogP contribution < -0.4 is 14.8 Å². The summed E-state index contributed by atoms with van der Waals surface area (Å²) in [6.45, 7) is 2.63. The first-order chi connectivity index (χ1) is 9.83. The maximum absolute atomic E-state index is 9.92. The molecule has 2 heterocycles. The molecule has 1 fully saturated rings. The van der Waals surface area contributed by atoms with Gasteiger partial charge >= 0.3 is 0 Å². The zero-order valence-electron chi connectivity index (χ0n) is 11.6. The first kappa shape index (κ1) is 13.5. The van der Waals surface area contributed by atoms with Gasteiger partial charge < -0.3 is 24.6 Å². The Morgan fingerprint density at radius 2 is 2.05 bits per heavy atom. The monoisotopic (exact) mass is 279 g/mol. The highest BCUT2D eigenvalue weighted by Crippen LogP contribution is 2.37. The average molecular weight is 279 g/mol. The van der Waals surface area contributed by atoms with E-state index >= 15 is 0 Å². The van der Waals surface area contributed by atoms with Crippen molar-refractivity contribution in [2.45, 2.75) is 38.3 Å². The summed E-state index contributed by atoms with van der Waals surface area (Å²) in [5.74, 6) is 1.56. The van der Waals surface area contributed by atoms with Crippen molar-refractivity contribution >= 4 is 0 Å². The molecule has 0 spiro atoms. The van der Waals surface area contributed by atoms with Crippen LogP contribution in [0.15, 0.2) is 12.1 Å². The van der Waals surface area contributed by atoms with E-state index < -0.39 is 0 Å². The Kier molecular flexibility index (Phi) is 4.28. The number of phenols is 1. The Morgan fingerprint density at radius 1 is 1.20 bits per heavy atom. The molecule has 1 saturated heterocycles. The van der Waals surface area contributed by atoms with Crippen LogP contribution in [0.3, 0.4) is 0 Å². The fourth-order valence-electron chi connectivity index (χ4n) is 2.64. The molecule has 2 aliphatic rings. The molecule has 5 heteroatoms. The number of phenolic OH excluding ortho intramolecular Hbond substituents is 1. The number of aromatic hydroxyl groups is 1. The number of benzene rings is 1. The second-order valence-electron chi connectivity index (χ2n) is 5.29. The molecule has 20 heavy (non-hydrogen) atoms. The number of ether oxygens (including phenoxy) is 3.